The van der Waals surface area contributed by atoms with E-state index in [1.165, 1.54) is 29.3 Å². The lowest BCUT2D eigenvalue weighted by Crippen LogP contribution is -2.45. The minimum absolute atomic E-state index is 0.0681. The van der Waals surface area contributed by atoms with Crippen molar-refractivity contribution in [3.63, 3.8) is 0 Å². The number of nitrogens with zero attached hydrogens (tertiary/aromatic N) is 3. The van der Waals surface area contributed by atoms with E-state index >= 15 is 0 Å². The summed E-state index contributed by atoms with van der Waals surface area (Å²) in [4.78, 5) is 16.1. The Morgan fingerprint density at radius 2 is 1.73 bits per heavy atom. The summed E-state index contributed by atoms with van der Waals surface area (Å²) in [5.41, 5.74) is 0.890. The quantitative estimate of drug-likeness (QED) is 0.391. The van der Waals surface area contributed by atoms with Crippen LogP contribution in [-0.2, 0) is 30.8 Å². The van der Waals surface area contributed by atoms with Crippen LogP contribution in [-0.4, -0.2) is 68.1 Å². The standard InChI is InChI=1S/C30H36FN3O6S/c1-29(2,3)40-28(35)32(4)20-22-18-27(25-10-5-6-11-26(25)31)34(21-22)41(36,37)24-9-7-8-23(19-24)33-14-12-30(13-15-33)38-16-17-39-30/h5-11,18-19,21H,12-17,20H2,1-4H3. The molecule has 5 rings (SSSR count). The van der Waals surface area contributed by atoms with Crippen molar-refractivity contribution in [2.45, 2.75) is 56.4 Å². The van der Waals surface area contributed by atoms with E-state index in [4.69, 9.17) is 14.2 Å². The third kappa shape index (κ3) is 6.27. The van der Waals surface area contributed by atoms with E-state index in [2.05, 4.69) is 4.90 Å². The molecule has 0 N–H and O–H groups in total. The van der Waals surface area contributed by atoms with Crippen molar-refractivity contribution in [3.8, 4) is 11.3 Å². The first-order valence-corrected chi connectivity index (χ1v) is 15.1. The SMILES string of the molecule is CN(Cc1cc(-c2ccccc2F)n(S(=O)(=O)c2cccc(N3CCC4(CC3)OCCO4)c2)c1)C(=O)OC(C)(C)C. The van der Waals surface area contributed by atoms with Gasteiger partial charge < -0.3 is 24.0 Å². The van der Waals surface area contributed by atoms with Crippen LogP contribution in [0.5, 0.6) is 0 Å². The zero-order chi connectivity index (χ0) is 29.4. The fourth-order valence-electron chi connectivity index (χ4n) is 5.17. The van der Waals surface area contributed by atoms with Crippen LogP contribution < -0.4 is 4.90 Å². The molecule has 0 saturated carbocycles. The Labute approximate surface area is 240 Å². The third-order valence-corrected chi connectivity index (χ3v) is 8.87. The molecule has 0 unspecified atom stereocenters. The molecule has 1 amide bonds. The Kier molecular flexibility index (Phi) is 7.88. The molecule has 220 valence electrons. The van der Waals surface area contributed by atoms with Crippen LogP contribution in [0.15, 0.2) is 65.7 Å². The number of carbonyl (C=O) groups excluding carboxylic acids is 1. The highest BCUT2D eigenvalue weighted by Crippen LogP contribution is 2.35. The predicted molar refractivity (Wildman–Crippen MR) is 153 cm³/mol. The van der Waals surface area contributed by atoms with Gasteiger partial charge in [-0.3, -0.25) is 0 Å². The van der Waals surface area contributed by atoms with E-state index in [-0.39, 0.29) is 22.7 Å². The Hall–Kier alpha value is -3.41. The number of piperidine rings is 1. The number of amides is 1. The third-order valence-electron chi connectivity index (χ3n) is 7.20. The molecule has 2 fully saturated rings. The van der Waals surface area contributed by atoms with Crippen molar-refractivity contribution in [2.75, 3.05) is 38.3 Å². The molecule has 1 spiro atoms. The number of hydrogen-bond acceptors (Lipinski definition) is 7. The zero-order valence-electron chi connectivity index (χ0n) is 23.8. The summed E-state index contributed by atoms with van der Waals surface area (Å²) in [6, 6.07) is 14.4. The summed E-state index contributed by atoms with van der Waals surface area (Å²) in [5, 5.41) is 0. The summed E-state index contributed by atoms with van der Waals surface area (Å²) < 4.78 is 61.3. The molecule has 3 aromatic rings. The first-order valence-electron chi connectivity index (χ1n) is 13.7. The number of ether oxygens (including phenoxy) is 3. The lowest BCUT2D eigenvalue weighted by Gasteiger charge is -2.38. The highest BCUT2D eigenvalue weighted by atomic mass is 32.2. The largest absolute Gasteiger partial charge is 0.444 e. The minimum atomic E-state index is -4.14. The summed E-state index contributed by atoms with van der Waals surface area (Å²) in [7, 11) is -2.58. The Balaban J connectivity index is 1.46. The Morgan fingerprint density at radius 1 is 1.05 bits per heavy atom. The molecule has 41 heavy (non-hydrogen) atoms. The van der Waals surface area contributed by atoms with Gasteiger partial charge in [-0.1, -0.05) is 18.2 Å². The van der Waals surface area contributed by atoms with Crippen molar-refractivity contribution >= 4 is 21.8 Å². The number of halogens is 1. The van der Waals surface area contributed by atoms with Crippen LogP contribution in [0, 0.1) is 5.82 Å². The average molecular weight is 586 g/mol. The molecule has 3 heterocycles. The molecule has 2 aliphatic rings. The summed E-state index contributed by atoms with van der Waals surface area (Å²) in [6.07, 6.45) is 2.26. The van der Waals surface area contributed by atoms with Gasteiger partial charge in [0.25, 0.3) is 10.0 Å². The molecule has 2 aliphatic heterocycles. The van der Waals surface area contributed by atoms with E-state index < -0.39 is 33.3 Å². The lowest BCUT2D eigenvalue weighted by molar-refractivity contribution is -0.169. The Bertz CT molecular complexity index is 1510. The van der Waals surface area contributed by atoms with Gasteiger partial charge in [0.15, 0.2) is 5.79 Å². The van der Waals surface area contributed by atoms with Crippen LogP contribution in [0.1, 0.15) is 39.2 Å². The van der Waals surface area contributed by atoms with Gasteiger partial charge in [-0.15, -0.1) is 0 Å². The maximum atomic E-state index is 14.9. The van der Waals surface area contributed by atoms with Crippen molar-refractivity contribution in [3.05, 3.63) is 72.2 Å². The summed E-state index contributed by atoms with van der Waals surface area (Å²) in [6.45, 7) is 7.87. The fraction of sp³-hybridized carbons (Fsp3) is 0.433. The average Bonchev–Trinajstić information content (AvgIpc) is 3.56. The zero-order valence-corrected chi connectivity index (χ0v) is 24.6. The van der Waals surface area contributed by atoms with Gasteiger partial charge >= 0.3 is 6.09 Å². The van der Waals surface area contributed by atoms with Gasteiger partial charge in [0, 0.05) is 50.4 Å². The minimum Gasteiger partial charge on any atom is -0.444 e. The molecule has 1 aromatic heterocycles. The van der Waals surface area contributed by atoms with Crippen molar-refractivity contribution < 1.29 is 31.8 Å². The molecular weight excluding hydrogens is 549 g/mol. The maximum Gasteiger partial charge on any atom is 0.410 e. The molecule has 0 aliphatic carbocycles. The number of aromatic nitrogens is 1. The van der Waals surface area contributed by atoms with Gasteiger partial charge in [0.2, 0.25) is 0 Å². The molecule has 0 atom stereocenters. The molecule has 9 nitrogen and oxygen atoms in total. The summed E-state index contributed by atoms with van der Waals surface area (Å²) in [5.74, 6) is -1.09. The lowest BCUT2D eigenvalue weighted by atomic mass is 10.0. The number of anilines is 1. The van der Waals surface area contributed by atoms with Gasteiger partial charge in [-0.05, 0) is 62.7 Å². The van der Waals surface area contributed by atoms with E-state index in [0.29, 0.717) is 44.7 Å². The fourth-order valence-corrected chi connectivity index (χ4v) is 6.60. The second kappa shape index (κ2) is 11.1. The Morgan fingerprint density at radius 3 is 2.39 bits per heavy atom. The van der Waals surface area contributed by atoms with Crippen molar-refractivity contribution in [1.29, 1.82) is 0 Å². The number of carbonyl (C=O) groups is 1. The van der Waals surface area contributed by atoms with Crippen LogP contribution in [0.3, 0.4) is 0 Å². The smallest absolute Gasteiger partial charge is 0.410 e. The van der Waals surface area contributed by atoms with Crippen LogP contribution >= 0.6 is 0 Å². The number of benzene rings is 2. The van der Waals surface area contributed by atoms with Gasteiger partial charge in [0.1, 0.15) is 11.4 Å². The second-order valence-electron chi connectivity index (χ2n) is 11.4. The highest BCUT2D eigenvalue weighted by molar-refractivity contribution is 7.90. The highest BCUT2D eigenvalue weighted by Gasteiger charge is 2.40. The van der Waals surface area contributed by atoms with E-state index in [1.807, 2.05) is 6.07 Å². The van der Waals surface area contributed by atoms with Gasteiger partial charge in [0.05, 0.1) is 30.3 Å². The van der Waals surface area contributed by atoms with Gasteiger partial charge in [-0.25, -0.2) is 21.6 Å². The first-order chi connectivity index (χ1) is 19.4. The summed E-state index contributed by atoms with van der Waals surface area (Å²) >= 11 is 0. The monoisotopic (exact) mass is 585 g/mol. The van der Waals surface area contributed by atoms with Crippen LogP contribution in [0.25, 0.3) is 11.3 Å². The van der Waals surface area contributed by atoms with E-state index in [0.717, 1.165) is 9.66 Å². The molecule has 0 bridgehead atoms. The first kappa shape index (κ1) is 29.1. The van der Waals surface area contributed by atoms with Gasteiger partial charge in [-0.2, -0.15) is 0 Å². The van der Waals surface area contributed by atoms with Crippen molar-refractivity contribution in [2.24, 2.45) is 0 Å². The second-order valence-corrected chi connectivity index (χ2v) is 13.3. The molecular formula is C30H36FN3O6S. The molecule has 11 heteroatoms. The van der Waals surface area contributed by atoms with E-state index in [1.54, 1.807) is 58.2 Å². The molecule has 2 aromatic carbocycles. The van der Waals surface area contributed by atoms with Crippen LogP contribution in [0.2, 0.25) is 0 Å². The normalized spacial score (nSPS) is 17.1. The topological polar surface area (TPSA) is 90.3 Å². The number of rotatable bonds is 6. The van der Waals surface area contributed by atoms with E-state index in [9.17, 15) is 17.6 Å². The number of hydrogen-bond donors (Lipinski definition) is 0. The predicted octanol–water partition coefficient (Wildman–Crippen LogP) is 5.24. The molecule has 0 radical (unpaired) electrons. The van der Waals surface area contributed by atoms with Crippen LogP contribution in [0.4, 0.5) is 14.9 Å². The van der Waals surface area contributed by atoms with Crippen molar-refractivity contribution in [1.82, 2.24) is 8.87 Å². The molecule has 2 saturated heterocycles. The maximum absolute atomic E-state index is 14.9.